The Kier molecular flexibility index (Phi) is 4.39. The number of fused-ring (bicyclic) bond motifs is 1. The van der Waals surface area contributed by atoms with Crippen LogP contribution in [0, 0.1) is 12.7 Å². The van der Waals surface area contributed by atoms with E-state index in [0.29, 0.717) is 12.1 Å². The second kappa shape index (κ2) is 6.84. The van der Waals surface area contributed by atoms with Crippen molar-refractivity contribution in [3.8, 4) is 0 Å². The first-order chi connectivity index (χ1) is 12.6. The molecule has 0 aliphatic rings. The number of ketones is 1. The van der Waals surface area contributed by atoms with E-state index in [9.17, 15) is 9.18 Å². The lowest BCUT2D eigenvalue weighted by atomic mass is 10.1. The third-order valence-electron chi connectivity index (χ3n) is 4.41. The summed E-state index contributed by atoms with van der Waals surface area (Å²) in [5.41, 5.74) is 3.64. The van der Waals surface area contributed by atoms with Gasteiger partial charge in [0.25, 0.3) is 0 Å². The molecule has 4 aromatic rings. The Balaban J connectivity index is 1.74. The second-order valence-electron chi connectivity index (χ2n) is 6.34. The number of carbonyl (C=O) groups is 1. The lowest BCUT2D eigenvalue weighted by Crippen LogP contribution is -2.03. The van der Waals surface area contributed by atoms with Crippen LogP contribution < -0.4 is 0 Å². The number of aryl methyl sites for hydroxylation is 1. The van der Waals surface area contributed by atoms with Gasteiger partial charge in [0.05, 0.1) is 11.9 Å². The van der Waals surface area contributed by atoms with Crippen molar-refractivity contribution < 1.29 is 9.18 Å². The lowest BCUT2D eigenvalue weighted by Gasteiger charge is -2.06. The summed E-state index contributed by atoms with van der Waals surface area (Å²) in [6.07, 6.45) is 3.79. The lowest BCUT2D eigenvalue weighted by molar-refractivity contribution is 0.0994. The molecule has 0 amide bonds. The number of hydrogen-bond acceptors (Lipinski definition) is 3. The summed E-state index contributed by atoms with van der Waals surface area (Å²) in [5, 5.41) is 3.43. The van der Waals surface area contributed by atoms with Crippen LogP contribution in [0.4, 0.5) is 4.39 Å². The van der Waals surface area contributed by atoms with E-state index in [1.54, 1.807) is 12.3 Å². The van der Waals surface area contributed by atoms with Gasteiger partial charge in [0, 0.05) is 35.3 Å². The Labute approximate surface area is 154 Å². The highest BCUT2D eigenvalue weighted by Gasteiger charge is 2.17. The molecule has 0 saturated carbocycles. The van der Waals surface area contributed by atoms with Crippen LogP contribution in [-0.4, -0.2) is 15.3 Å². The minimum atomic E-state index is -0.306. The highest BCUT2D eigenvalue weighted by atomic mass is 32.1. The number of hydrogen-bond donors (Lipinski definition) is 0. The zero-order valence-corrected chi connectivity index (χ0v) is 15.1. The van der Waals surface area contributed by atoms with Crippen LogP contribution in [0.5, 0.6) is 0 Å². The first-order valence-electron chi connectivity index (χ1n) is 8.35. The zero-order valence-electron chi connectivity index (χ0n) is 14.3. The van der Waals surface area contributed by atoms with E-state index in [1.807, 2.05) is 23.1 Å². The van der Waals surface area contributed by atoms with E-state index in [-0.39, 0.29) is 18.0 Å². The van der Waals surface area contributed by atoms with E-state index in [2.05, 4.69) is 29.2 Å². The molecule has 130 valence electrons. The summed E-state index contributed by atoms with van der Waals surface area (Å²) >= 11 is 1.47. The molecule has 2 aromatic carbocycles. The molecule has 2 aromatic heterocycles. The Bertz CT molecular complexity index is 1070. The molecule has 0 aliphatic heterocycles. The average molecular weight is 364 g/mol. The zero-order chi connectivity index (χ0) is 18.1. The summed E-state index contributed by atoms with van der Waals surface area (Å²) in [6, 6.07) is 12.8. The standard InChI is InChI=1S/C21H17FN2OS/c1-14-2-4-15(5-3-14)12-24-13-18(17-7-6-16(22)10-19(17)24)20(25)11-21-23-8-9-26-21/h2-10,13H,11-12H2,1H3. The largest absolute Gasteiger partial charge is 0.342 e. The summed E-state index contributed by atoms with van der Waals surface area (Å²) in [4.78, 5) is 17.0. The van der Waals surface area contributed by atoms with E-state index in [4.69, 9.17) is 0 Å². The fraction of sp³-hybridized carbons (Fsp3) is 0.143. The van der Waals surface area contributed by atoms with Gasteiger partial charge in [-0.2, -0.15) is 0 Å². The maximum Gasteiger partial charge on any atom is 0.171 e. The third kappa shape index (κ3) is 3.30. The summed E-state index contributed by atoms with van der Waals surface area (Å²) in [6.45, 7) is 2.63. The fourth-order valence-corrected chi connectivity index (χ4v) is 3.70. The highest BCUT2D eigenvalue weighted by molar-refractivity contribution is 7.09. The number of carbonyl (C=O) groups excluding carboxylic acids is 1. The van der Waals surface area contributed by atoms with Crippen LogP contribution >= 0.6 is 11.3 Å². The van der Waals surface area contributed by atoms with Crippen LogP contribution in [0.15, 0.2) is 60.2 Å². The van der Waals surface area contributed by atoms with E-state index >= 15 is 0 Å². The number of halogens is 1. The quantitative estimate of drug-likeness (QED) is 0.466. The van der Waals surface area contributed by atoms with Crippen LogP contribution in [-0.2, 0) is 13.0 Å². The number of rotatable bonds is 5. The van der Waals surface area contributed by atoms with Gasteiger partial charge in [0.1, 0.15) is 10.8 Å². The number of thiazole rings is 1. The molecule has 0 spiro atoms. The van der Waals surface area contributed by atoms with Crippen molar-refractivity contribution in [1.29, 1.82) is 0 Å². The van der Waals surface area contributed by atoms with Crippen molar-refractivity contribution in [3.05, 3.63) is 87.8 Å². The number of nitrogens with zero attached hydrogens (tertiary/aromatic N) is 2. The van der Waals surface area contributed by atoms with E-state index < -0.39 is 0 Å². The number of benzene rings is 2. The van der Waals surface area contributed by atoms with Crippen LogP contribution in [0.2, 0.25) is 0 Å². The Morgan fingerprint density at radius 3 is 2.73 bits per heavy atom. The monoisotopic (exact) mass is 364 g/mol. The average Bonchev–Trinajstić information content (AvgIpc) is 3.25. The first-order valence-corrected chi connectivity index (χ1v) is 9.23. The topological polar surface area (TPSA) is 34.9 Å². The minimum Gasteiger partial charge on any atom is -0.342 e. The predicted molar refractivity (Wildman–Crippen MR) is 102 cm³/mol. The summed E-state index contributed by atoms with van der Waals surface area (Å²) in [7, 11) is 0. The first kappa shape index (κ1) is 16.7. The van der Waals surface area contributed by atoms with Gasteiger partial charge in [-0.05, 0) is 30.7 Å². The minimum absolute atomic E-state index is 0.000728. The van der Waals surface area contributed by atoms with Gasteiger partial charge < -0.3 is 4.57 Å². The Morgan fingerprint density at radius 2 is 2.00 bits per heavy atom. The maximum absolute atomic E-state index is 13.8. The van der Waals surface area contributed by atoms with Crippen LogP contribution in [0.3, 0.4) is 0 Å². The van der Waals surface area contributed by atoms with Crippen molar-refractivity contribution in [3.63, 3.8) is 0 Å². The van der Waals surface area contributed by atoms with Gasteiger partial charge in [-0.15, -0.1) is 11.3 Å². The normalized spacial score (nSPS) is 11.2. The summed E-state index contributed by atoms with van der Waals surface area (Å²) in [5.74, 6) is -0.307. The van der Waals surface area contributed by atoms with Crippen molar-refractivity contribution >= 4 is 28.0 Å². The molecule has 4 rings (SSSR count). The molecular formula is C21H17FN2OS. The van der Waals surface area contributed by atoms with E-state index in [1.165, 1.54) is 29.0 Å². The molecule has 0 atom stereocenters. The smallest absolute Gasteiger partial charge is 0.171 e. The molecule has 0 N–H and O–H groups in total. The Hall–Kier alpha value is -2.79. The molecule has 3 nitrogen and oxygen atoms in total. The van der Waals surface area contributed by atoms with Crippen LogP contribution in [0.1, 0.15) is 26.5 Å². The third-order valence-corrected chi connectivity index (χ3v) is 5.19. The van der Waals surface area contributed by atoms with Gasteiger partial charge in [-0.25, -0.2) is 9.37 Å². The molecule has 0 saturated heterocycles. The molecular weight excluding hydrogens is 347 g/mol. The SMILES string of the molecule is Cc1ccc(Cn2cc(C(=O)Cc3nccs3)c3ccc(F)cc32)cc1. The van der Waals surface area contributed by atoms with Crippen molar-refractivity contribution in [2.45, 2.75) is 19.9 Å². The molecule has 0 bridgehead atoms. The molecule has 0 aliphatic carbocycles. The molecule has 5 heteroatoms. The fourth-order valence-electron chi connectivity index (χ4n) is 3.08. The maximum atomic E-state index is 13.8. The predicted octanol–water partition coefficient (Wildman–Crippen LogP) is 5.02. The Morgan fingerprint density at radius 1 is 1.19 bits per heavy atom. The highest BCUT2D eigenvalue weighted by Crippen LogP contribution is 2.25. The van der Waals surface area contributed by atoms with Gasteiger partial charge in [-0.1, -0.05) is 29.8 Å². The number of aromatic nitrogens is 2. The number of Topliss-reactive ketones (excluding diaryl/α,β-unsaturated/α-hetero) is 1. The molecule has 0 unspecified atom stereocenters. The van der Waals surface area contributed by atoms with Gasteiger partial charge in [0.15, 0.2) is 5.78 Å². The van der Waals surface area contributed by atoms with Crippen molar-refractivity contribution in [2.24, 2.45) is 0 Å². The molecule has 2 heterocycles. The van der Waals surface area contributed by atoms with Gasteiger partial charge in [-0.3, -0.25) is 4.79 Å². The second-order valence-corrected chi connectivity index (χ2v) is 7.32. The van der Waals surface area contributed by atoms with Crippen molar-refractivity contribution in [2.75, 3.05) is 0 Å². The van der Waals surface area contributed by atoms with Gasteiger partial charge in [0.2, 0.25) is 0 Å². The van der Waals surface area contributed by atoms with Crippen molar-refractivity contribution in [1.82, 2.24) is 9.55 Å². The van der Waals surface area contributed by atoms with E-state index in [0.717, 1.165) is 21.5 Å². The molecule has 26 heavy (non-hydrogen) atoms. The van der Waals surface area contributed by atoms with Crippen LogP contribution in [0.25, 0.3) is 10.9 Å². The molecule has 0 fully saturated rings. The summed E-state index contributed by atoms with van der Waals surface area (Å²) < 4.78 is 15.8. The molecule has 0 radical (unpaired) electrons. The van der Waals surface area contributed by atoms with Gasteiger partial charge >= 0.3 is 0 Å².